The van der Waals surface area contributed by atoms with Gasteiger partial charge >= 0.3 is 164 Å². The molecule has 24 heavy (non-hydrogen) atoms. The Hall–Kier alpha value is 0.696. The zero-order valence-corrected chi connectivity index (χ0v) is 21.4. The van der Waals surface area contributed by atoms with Gasteiger partial charge in [-0.1, -0.05) is 0 Å². The van der Waals surface area contributed by atoms with Gasteiger partial charge in [0.15, 0.2) is 0 Å². The normalized spacial score (nSPS) is 15.9. The second kappa shape index (κ2) is 9.06. The molecule has 1 aliphatic rings. The van der Waals surface area contributed by atoms with Crippen molar-refractivity contribution in [2.75, 3.05) is 28.2 Å². The van der Waals surface area contributed by atoms with E-state index in [2.05, 4.69) is 98.4 Å². The van der Waals surface area contributed by atoms with Crippen LogP contribution in [0.1, 0.15) is 11.1 Å². The molecule has 128 valence electrons. The molecule has 0 N–H and O–H groups in total. The zero-order valence-electron chi connectivity index (χ0n) is 14.6. The molecule has 0 spiro atoms. The van der Waals surface area contributed by atoms with E-state index in [1.54, 1.807) is 18.1 Å². The Kier molecular flexibility index (Phi) is 7.35. The summed E-state index contributed by atoms with van der Waals surface area (Å²) in [4.78, 5) is 4.58. The van der Waals surface area contributed by atoms with Crippen LogP contribution in [0.3, 0.4) is 0 Å². The molecule has 1 fully saturated rings. The average molecular weight is 576 g/mol. The van der Waals surface area contributed by atoms with Crippen molar-refractivity contribution in [3.8, 4) is 0 Å². The standard InChI is InChI=1S/2C9H12N.2S.2Sb/c2*1-10(2)8-9-6-4-3-5-7-9;;;;/h2*3-6H,8H2,1-2H3;;;;. The SMILES string of the molecule is CN(C)Cc1cccc[c]1[Sb]1[S][Sb]([c]2ccccc2CN(C)C)[S]1. The first-order valence-electron chi connectivity index (χ1n) is 7.96. The molecular weight excluding hydrogens is 552 g/mol. The number of nitrogens with zero attached hydrogens (tertiary/aromatic N) is 2. The Balaban J connectivity index is 1.73. The van der Waals surface area contributed by atoms with Crippen molar-refractivity contribution in [1.82, 2.24) is 9.80 Å². The van der Waals surface area contributed by atoms with Crippen LogP contribution in [0.15, 0.2) is 48.5 Å². The van der Waals surface area contributed by atoms with Crippen molar-refractivity contribution in [3.05, 3.63) is 59.7 Å². The number of hydrogen-bond donors (Lipinski definition) is 0. The van der Waals surface area contributed by atoms with Gasteiger partial charge in [0.25, 0.3) is 0 Å². The summed E-state index contributed by atoms with van der Waals surface area (Å²) in [5, 5.41) is 0. The summed E-state index contributed by atoms with van der Waals surface area (Å²) in [6.07, 6.45) is 0. The summed E-state index contributed by atoms with van der Waals surface area (Å²) in [7, 11) is 8.68. The third kappa shape index (κ3) is 4.90. The summed E-state index contributed by atoms with van der Waals surface area (Å²) in [6.45, 7) is 2.15. The molecule has 1 aliphatic heterocycles. The molecule has 3 rings (SSSR count). The Bertz CT molecular complexity index is 631. The summed E-state index contributed by atoms with van der Waals surface area (Å²) in [5.74, 6) is 4.91. The van der Waals surface area contributed by atoms with E-state index in [0.717, 1.165) is 13.1 Å². The van der Waals surface area contributed by atoms with E-state index in [4.69, 9.17) is 0 Å². The van der Waals surface area contributed by atoms with Gasteiger partial charge in [0.2, 0.25) is 0 Å². The third-order valence-electron chi connectivity index (χ3n) is 3.65. The average Bonchev–Trinajstić information content (AvgIpc) is 2.48. The van der Waals surface area contributed by atoms with Crippen LogP contribution < -0.4 is 7.02 Å². The predicted octanol–water partition coefficient (Wildman–Crippen LogP) is 2.38. The van der Waals surface area contributed by atoms with Gasteiger partial charge in [-0.25, -0.2) is 0 Å². The van der Waals surface area contributed by atoms with Crippen molar-refractivity contribution in [2.45, 2.75) is 13.1 Å². The molecule has 0 aliphatic carbocycles. The summed E-state index contributed by atoms with van der Waals surface area (Å²) in [5.41, 5.74) is 3.12. The molecule has 1 heterocycles. The Labute approximate surface area is 162 Å². The van der Waals surface area contributed by atoms with Crippen molar-refractivity contribution in [2.24, 2.45) is 0 Å². The second-order valence-corrected chi connectivity index (χ2v) is 46.9. The molecule has 2 aromatic carbocycles. The van der Waals surface area contributed by atoms with Gasteiger partial charge in [-0.2, -0.15) is 0 Å². The maximum absolute atomic E-state index is 2.45. The first-order valence-corrected chi connectivity index (χ1v) is 24.5. The third-order valence-corrected chi connectivity index (χ3v) is 89.4. The van der Waals surface area contributed by atoms with Gasteiger partial charge in [0.05, 0.1) is 0 Å². The van der Waals surface area contributed by atoms with E-state index >= 15 is 0 Å². The first-order chi connectivity index (χ1) is 11.5. The van der Waals surface area contributed by atoms with Crippen LogP contribution in [0.5, 0.6) is 0 Å². The number of hydrogen-bond acceptors (Lipinski definition) is 4. The molecule has 2 aromatic rings. The predicted molar refractivity (Wildman–Crippen MR) is 114 cm³/mol. The molecule has 0 aromatic heterocycles. The van der Waals surface area contributed by atoms with Crippen molar-refractivity contribution in [1.29, 1.82) is 0 Å². The number of benzene rings is 2. The summed E-state index contributed by atoms with van der Waals surface area (Å²) >= 11 is -2.69. The van der Waals surface area contributed by atoms with E-state index in [1.165, 1.54) is 0 Å². The molecule has 0 unspecified atom stereocenters. The number of rotatable bonds is 6. The molecular formula is C18H24N2S2Sb2. The fourth-order valence-corrected chi connectivity index (χ4v) is 80.2. The molecule has 0 atom stereocenters. The molecule has 6 heteroatoms. The van der Waals surface area contributed by atoms with Crippen LogP contribution in [0.25, 0.3) is 0 Å². The topological polar surface area (TPSA) is 6.48 Å². The first kappa shape index (κ1) is 19.5. The maximum atomic E-state index is 2.45. The van der Waals surface area contributed by atoms with E-state index in [0.29, 0.717) is 0 Å². The van der Waals surface area contributed by atoms with Gasteiger partial charge in [-0.3, -0.25) is 0 Å². The van der Waals surface area contributed by atoms with Crippen LogP contribution in [0.4, 0.5) is 0 Å². The van der Waals surface area contributed by atoms with Crippen LogP contribution in [0, 0.1) is 0 Å². The van der Waals surface area contributed by atoms with Gasteiger partial charge in [-0.15, -0.1) is 0 Å². The molecule has 0 radical (unpaired) electrons. The monoisotopic (exact) mass is 574 g/mol. The molecule has 0 amide bonds. The molecule has 1 saturated heterocycles. The summed E-state index contributed by atoms with van der Waals surface area (Å²) in [6, 6.07) is 18.3. The van der Waals surface area contributed by atoms with Crippen LogP contribution in [-0.4, -0.2) is 72.8 Å². The Morgan fingerprint density at radius 2 is 1.04 bits per heavy atom. The quantitative estimate of drug-likeness (QED) is 0.488. The van der Waals surface area contributed by atoms with Gasteiger partial charge in [-0.05, 0) is 0 Å². The van der Waals surface area contributed by atoms with Crippen molar-refractivity contribution >= 4 is 53.7 Å². The molecule has 0 bridgehead atoms. The van der Waals surface area contributed by atoms with Crippen molar-refractivity contribution < 1.29 is 0 Å². The second-order valence-electron chi connectivity index (χ2n) is 6.41. The van der Waals surface area contributed by atoms with E-state index < -0.39 is 34.8 Å². The molecule has 2 nitrogen and oxygen atoms in total. The minimum atomic E-state index is -1.35. The fourth-order valence-electron chi connectivity index (χ4n) is 2.64. The minimum absolute atomic E-state index is 1.08. The Morgan fingerprint density at radius 1 is 0.667 bits per heavy atom. The van der Waals surface area contributed by atoms with Gasteiger partial charge < -0.3 is 0 Å². The van der Waals surface area contributed by atoms with Gasteiger partial charge in [0.1, 0.15) is 0 Å². The fraction of sp³-hybridized carbons (Fsp3) is 0.333. The Morgan fingerprint density at radius 3 is 1.42 bits per heavy atom. The van der Waals surface area contributed by atoms with E-state index in [-0.39, 0.29) is 0 Å². The zero-order chi connectivity index (χ0) is 17.1. The summed E-state index contributed by atoms with van der Waals surface area (Å²) < 4.78 is 3.44. The van der Waals surface area contributed by atoms with Crippen LogP contribution in [0.2, 0.25) is 0 Å². The van der Waals surface area contributed by atoms with E-state index in [9.17, 15) is 0 Å². The molecule has 0 saturated carbocycles. The van der Waals surface area contributed by atoms with Crippen LogP contribution >= 0.6 is 11.9 Å². The van der Waals surface area contributed by atoms with E-state index in [1.807, 2.05) is 0 Å². The van der Waals surface area contributed by atoms with Crippen molar-refractivity contribution in [3.63, 3.8) is 0 Å². The van der Waals surface area contributed by atoms with Crippen LogP contribution in [-0.2, 0) is 13.1 Å². The van der Waals surface area contributed by atoms with Gasteiger partial charge in [0, 0.05) is 0 Å².